The molecule has 0 aliphatic carbocycles. The number of carbonyl (C=O) groups excluding carboxylic acids is 2. The Morgan fingerprint density at radius 2 is 2.14 bits per heavy atom. The highest BCUT2D eigenvalue weighted by molar-refractivity contribution is 6.31. The number of oxazole rings is 1. The number of nitrogens with zero attached hydrogens (tertiary/aromatic N) is 1. The number of hydrogen-bond donors (Lipinski definition) is 2. The van der Waals surface area contributed by atoms with Gasteiger partial charge in [0.25, 0.3) is 0 Å². The predicted octanol–water partition coefficient (Wildman–Crippen LogP) is 3.67. The number of halogens is 2. The molecule has 10 heteroatoms. The summed E-state index contributed by atoms with van der Waals surface area (Å²) < 4.78 is 29.4. The van der Waals surface area contributed by atoms with Crippen LogP contribution in [0, 0.1) is 5.82 Å². The van der Waals surface area contributed by atoms with Gasteiger partial charge in [-0.05, 0) is 26.8 Å². The lowest BCUT2D eigenvalue weighted by Gasteiger charge is -2.24. The molecule has 2 atom stereocenters. The van der Waals surface area contributed by atoms with E-state index in [0.717, 1.165) is 6.07 Å². The maximum absolute atomic E-state index is 14.0. The zero-order chi connectivity index (χ0) is 21.8. The van der Waals surface area contributed by atoms with E-state index >= 15 is 0 Å². The molecule has 2 aromatic rings. The maximum atomic E-state index is 14.0. The molecule has 1 aromatic heterocycles. The van der Waals surface area contributed by atoms with Crippen LogP contribution >= 0.6 is 11.6 Å². The van der Waals surface area contributed by atoms with Crippen LogP contribution in [0.5, 0.6) is 0 Å². The van der Waals surface area contributed by atoms with Crippen molar-refractivity contribution in [2.75, 3.05) is 6.61 Å². The molecule has 0 aliphatic rings. The molecule has 0 fully saturated rings. The SMILES string of the molecule is C=CCOC(=O)NC(CC(=O)OC(C)(C)C)C(O)c1nc2c(F)cc(Cl)cc2o1. The Hall–Kier alpha value is -2.65. The highest BCUT2D eigenvalue weighted by Crippen LogP contribution is 2.28. The number of aliphatic hydroxyl groups is 1. The number of alkyl carbamates (subject to hydrolysis) is 1. The van der Waals surface area contributed by atoms with E-state index in [1.165, 1.54) is 12.1 Å². The van der Waals surface area contributed by atoms with Gasteiger partial charge in [0.2, 0.25) is 5.89 Å². The summed E-state index contributed by atoms with van der Waals surface area (Å²) in [6, 6.07) is 1.16. The third kappa shape index (κ3) is 6.43. The van der Waals surface area contributed by atoms with Crippen molar-refractivity contribution in [2.24, 2.45) is 0 Å². The van der Waals surface area contributed by atoms with Crippen LogP contribution in [0.1, 0.15) is 39.2 Å². The first kappa shape index (κ1) is 22.6. The van der Waals surface area contributed by atoms with Gasteiger partial charge in [0.15, 0.2) is 17.5 Å². The number of aliphatic hydroxyl groups excluding tert-OH is 1. The fourth-order valence-electron chi connectivity index (χ4n) is 2.40. The summed E-state index contributed by atoms with van der Waals surface area (Å²) in [5.41, 5.74) is -0.907. The van der Waals surface area contributed by atoms with Crippen LogP contribution in [-0.2, 0) is 14.3 Å². The summed E-state index contributed by atoms with van der Waals surface area (Å²) in [5.74, 6) is -1.73. The van der Waals surface area contributed by atoms with Gasteiger partial charge in [-0.3, -0.25) is 4.79 Å². The molecule has 8 nitrogen and oxygen atoms in total. The highest BCUT2D eigenvalue weighted by Gasteiger charge is 2.32. The van der Waals surface area contributed by atoms with E-state index in [2.05, 4.69) is 16.9 Å². The number of amides is 1. The first-order chi connectivity index (χ1) is 13.5. The van der Waals surface area contributed by atoms with E-state index in [4.69, 9.17) is 25.5 Å². The molecular weight excluding hydrogens is 407 g/mol. The second kappa shape index (κ2) is 9.23. The van der Waals surface area contributed by atoms with E-state index in [9.17, 15) is 19.1 Å². The van der Waals surface area contributed by atoms with Gasteiger partial charge in [0.05, 0.1) is 12.5 Å². The predicted molar refractivity (Wildman–Crippen MR) is 103 cm³/mol. The molecule has 1 aromatic carbocycles. The molecule has 0 radical (unpaired) electrons. The number of carbonyl (C=O) groups is 2. The number of aromatic nitrogens is 1. The molecule has 158 valence electrons. The molecule has 0 aliphatic heterocycles. The quantitative estimate of drug-likeness (QED) is 0.511. The molecule has 0 saturated carbocycles. The fourth-order valence-corrected chi connectivity index (χ4v) is 2.60. The van der Waals surface area contributed by atoms with Crippen LogP contribution in [0.15, 0.2) is 29.2 Å². The number of esters is 1. The molecule has 1 amide bonds. The minimum Gasteiger partial charge on any atom is -0.460 e. The Morgan fingerprint density at radius 1 is 1.45 bits per heavy atom. The van der Waals surface area contributed by atoms with Crippen LogP contribution in [0.4, 0.5) is 9.18 Å². The van der Waals surface area contributed by atoms with Crippen LogP contribution in [-0.4, -0.2) is 40.4 Å². The van der Waals surface area contributed by atoms with Crippen LogP contribution < -0.4 is 5.32 Å². The molecule has 1 heterocycles. The lowest BCUT2D eigenvalue weighted by atomic mass is 10.1. The average Bonchev–Trinajstić information content (AvgIpc) is 3.01. The van der Waals surface area contributed by atoms with Gasteiger partial charge < -0.3 is 24.3 Å². The van der Waals surface area contributed by atoms with E-state index in [0.29, 0.717) is 0 Å². The summed E-state index contributed by atoms with van der Waals surface area (Å²) in [7, 11) is 0. The fraction of sp³-hybridized carbons (Fsp3) is 0.421. The largest absolute Gasteiger partial charge is 0.460 e. The summed E-state index contributed by atoms with van der Waals surface area (Å²) in [6.45, 7) is 8.38. The van der Waals surface area contributed by atoms with Gasteiger partial charge in [-0.15, -0.1) is 0 Å². The van der Waals surface area contributed by atoms with Crippen molar-refractivity contribution >= 4 is 34.8 Å². The smallest absolute Gasteiger partial charge is 0.407 e. The Balaban J connectivity index is 2.28. The Labute approximate surface area is 171 Å². The van der Waals surface area contributed by atoms with Crippen molar-refractivity contribution in [3.8, 4) is 0 Å². The Bertz CT molecular complexity index is 908. The molecule has 0 bridgehead atoms. The topological polar surface area (TPSA) is 111 Å². The summed E-state index contributed by atoms with van der Waals surface area (Å²) in [6.07, 6.45) is -1.55. The van der Waals surface area contributed by atoms with Gasteiger partial charge in [-0.25, -0.2) is 14.2 Å². The lowest BCUT2D eigenvalue weighted by molar-refractivity contribution is -0.156. The van der Waals surface area contributed by atoms with E-state index < -0.39 is 42.0 Å². The van der Waals surface area contributed by atoms with Gasteiger partial charge in [-0.1, -0.05) is 24.3 Å². The number of nitrogens with one attached hydrogen (secondary N) is 1. The third-order valence-corrected chi connectivity index (χ3v) is 3.72. The highest BCUT2D eigenvalue weighted by atomic mass is 35.5. The van der Waals surface area contributed by atoms with Gasteiger partial charge >= 0.3 is 12.1 Å². The normalized spacial score (nSPS) is 13.6. The van der Waals surface area contributed by atoms with Crippen LogP contribution in [0.3, 0.4) is 0 Å². The summed E-state index contributed by atoms with van der Waals surface area (Å²) in [4.78, 5) is 28.0. The zero-order valence-electron chi connectivity index (χ0n) is 16.2. The Kier molecular flexibility index (Phi) is 7.21. The van der Waals surface area contributed by atoms with Gasteiger partial charge in [0.1, 0.15) is 17.7 Å². The molecule has 0 saturated heterocycles. The Morgan fingerprint density at radius 3 is 2.76 bits per heavy atom. The molecule has 29 heavy (non-hydrogen) atoms. The average molecular weight is 429 g/mol. The van der Waals surface area contributed by atoms with Crippen LogP contribution in [0.25, 0.3) is 11.1 Å². The molecule has 2 rings (SSSR count). The van der Waals surface area contributed by atoms with Crippen LogP contribution in [0.2, 0.25) is 5.02 Å². The number of fused-ring (bicyclic) bond motifs is 1. The number of rotatable bonds is 7. The minimum absolute atomic E-state index is 0.00861. The first-order valence-corrected chi connectivity index (χ1v) is 9.07. The van der Waals surface area contributed by atoms with Crippen molar-refractivity contribution in [1.82, 2.24) is 10.3 Å². The molecule has 2 N–H and O–H groups in total. The van der Waals surface area contributed by atoms with Gasteiger partial charge in [-0.2, -0.15) is 0 Å². The van der Waals surface area contributed by atoms with Crippen molar-refractivity contribution in [2.45, 2.75) is 44.9 Å². The van der Waals surface area contributed by atoms with Gasteiger partial charge in [0, 0.05) is 11.1 Å². The van der Waals surface area contributed by atoms with Crippen molar-refractivity contribution in [3.63, 3.8) is 0 Å². The molecular formula is C19H22ClFN2O6. The standard InChI is InChI=1S/C19H22ClFN2O6/c1-5-6-27-18(26)22-12(9-14(24)29-19(2,3)4)16(25)17-23-15-11(21)7-10(20)8-13(15)28-17/h5,7-8,12,16,25H,1,6,9H2,2-4H3,(H,22,26). The first-order valence-electron chi connectivity index (χ1n) is 8.69. The van der Waals surface area contributed by atoms with E-state index in [-0.39, 0.29) is 28.6 Å². The number of hydrogen-bond acceptors (Lipinski definition) is 7. The van der Waals surface area contributed by atoms with E-state index in [1.54, 1.807) is 20.8 Å². The van der Waals surface area contributed by atoms with Crippen molar-refractivity contribution in [3.05, 3.63) is 41.5 Å². The monoisotopic (exact) mass is 428 g/mol. The molecule has 2 unspecified atom stereocenters. The van der Waals surface area contributed by atoms with Crippen molar-refractivity contribution < 1.29 is 33.0 Å². The zero-order valence-corrected chi connectivity index (χ0v) is 17.0. The third-order valence-electron chi connectivity index (χ3n) is 3.51. The lowest BCUT2D eigenvalue weighted by Crippen LogP contribution is -2.42. The molecule has 0 spiro atoms. The summed E-state index contributed by atoms with van der Waals surface area (Å²) in [5, 5.41) is 13.1. The second-order valence-corrected chi connectivity index (χ2v) is 7.60. The van der Waals surface area contributed by atoms with E-state index in [1.807, 2.05) is 0 Å². The number of benzene rings is 1. The summed E-state index contributed by atoms with van der Waals surface area (Å²) >= 11 is 5.79. The minimum atomic E-state index is -1.59. The maximum Gasteiger partial charge on any atom is 0.407 e. The number of ether oxygens (including phenoxy) is 2. The second-order valence-electron chi connectivity index (χ2n) is 7.16. The van der Waals surface area contributed by atoms with Crippen molar-refractivity contribution in [1.29, 1.82) is 0 Å².